The maximum Gasteiger partial charge on any atom is 0.00669 e. The Morgan fingerprint density at radius 1 is 1.29 bits per heavy atom. The van der Waals surface area contributed by atoms with E-state index in [2.05, 4.69) is 33.1 Å². The van der Waals surface area contributed by atoms with Crippen molar-refractivity contribution in [1.29, 1.82) is 0 Å². The van der Waals surface area contributed by atoms with Crippen LogP contribution in [0.3, 0.4) is 0 Å². The van der Waals surface area contributed by atoms with Gasteiger partial charge in [-0.05, 0) is 37.6 Å². The predicted octanol–water partition coefficient (Wildman–Crippen LogP) is 3.59. The van der Waals surface area contributed by atoms with Crippen LogP contribution in [0.4, 0.5) is 0 Å². The molecule has 0 heterocycles. The Hall–Kier alpha value is -0.0400. The highest BCUT2D eigenvalue weighted by atomic mass is 14.9. The molecule has 1 rings (SSSR count). The third kappa shape index (κ3) is 4.45. The molecule has 0 amide bonds. The van der Waals surface area contributed by atoms with E-state index in [0.717, 1.165) is 12.0 Å². The number of hydrogen-bond donors (Lipinski definition) is 1. The van der Waals surface area contributed by atoms with Crippen molar-refractivity contribution in [3.8, 4) is 0 Å². The Morgan fingerprint density at radius 3 is 2.29 bits per heavy atom. The molecule has 0 aromatic heterocycles. The molecule has 1 aliphatic carbocycles. The van der Waals surface area contributed by atoms with Crippen molar-refractivity contribution in [2.24, 2.45) is 11.3 Å². The molecule has 84 valence electrons. The molecule has 1 heteroatoms. The second-order valence-corrected chi connectivity index (χ2v) is 6.12. The Bertz CT molecular complexity index is 153. The Kier molecular flexibility index (Phi) is 4.43. The second-order valence-electron chi connectivity index (χ2n) is 6.12. The van der Waals surface area contributed by atoms with E-state index in [9.17, 15) is 0 Å². The number of hydrogen-bond acceptors (Lipinski definition) is 1. The Morgan fingerprint density at radius 2 is 1.93 bits per heavy atom. The molecule has 0 spiro atoms. The zero-order chi connectivity index (χ0) is 10.6. The average molecular weight is 197 g/mol. The molecule has 1 saturated carbocycles. The lowest BCUT2D eigenvalue weighted by atomic mass is 9.79. The molecule has 0 saturated heterocycles. The van der Waals surface area contributed by atoms with Gasteiger partial charge in [-0.25, -0.2) is 0 Å². The summed E-state index contributed by atoms with van der Waals surface area (Å²) in [5, 5.41) is 3.47. The first-order chi connectivity index (χ1) is 6.51. The van der Waals surface area contributed by atoms with Crippen molar-refractivity contribution in [2.75, 3.05) is 7.05 Å². The van der Waals surface area contributed by atoms with Gasteiger partial charge < -0.3 is 5.32 Å². The summed E-state index contributed by atoms with van der Waals surface area (Å²) in [6.45, 7) is 7.01. The van der Waals surface area contributed by atoms with Gasteiger partial charge in [0.25, 0.3) is 0 Å². The topological polar surface area (TPSA) is 12.0 Å². The van der Waals surface area contributed by atoms with E-state index in [1.807, 2.05) is 0 Å². The van der Waals surface area contributed by atoms with Gasteiger partial charge in [0, 0.05) is 6.04 Å². The highest BCUT2D eigenvalue weighted by Gasteiger charge is 2.22. The fraction of sp³-hybridized carbons (Fsp3) is 1.00. The normalized spacial score (nSPS) is 20.6. The standard InChI is InChI=1S/C13H27N/c1-13(2,3)9-8-12(14-4)10-11-6-5-7-11/h11-12,14H,5-10H2,1-4H3. The summed E-state index contributed by atoms with van der Waals surface area (Å²) in [7, 11) is 2.12. The van der Waals surface area contributed by atoms with Crippen LogP contribution in [0.2, 0.25) is 0 Å². The maximum atomic E-state index is 3.47. The molecule has 0 aromatic rings. The van der Waals surface area contributed by atoms with Crippen molar-refractivity contribution in [1.82, 2.24) is 5.32 Å². The van der Waals surface area contributed by atoms with Gasteiger partial charge in [0.15, 0.2) is 0 Å². The van der Waals surface area contributed by atoms with Crippen LogP contribution < -0.4 is 5.32 Å². The fourth-order valence-corrected chi connectivity index (χ4v) is 2.12. The molecule has 1 atom stereocenters. The van der Waals surface area contributed by atoms with E-state index in [1.165, 1.54) is 38.5 Å². The van der Waals surface area contributed by atoms with E-state index in [-0.39, 0.29) is 0 Å². The van der Waals surface area contributed by atoms with E-state index >= 15 is 0 Å². The first-order valence-corrected chi connectivity index (χ1v) is 6.18. The summed E-state index contributed by atoms with van der Waals surface area (Å²) in [5.41, 5.74) is 0.495. The van der Waals surface area contributed by atoms with Crippen LogP contribution in [0.15, 0.2) is 0 Å². The predicted molar refractivity (Wildman–Crippen MR) is 63.5 cm³/mol. The van der Waals surface area contributed by atoms with Gasteiger partial charge in [-0.15, -0.1) is 0 Å². The zero-order valence-electron chi connectivity index (χ0n) is 10.4. The number of nitrogens with one attached hydrogen (secondary N) is 1. The van der Waals surface area contributed by atoms with Crippen LogP contribution in [0.5, 0.6) is 0 Å². The van der Waals surface area contributed by atoms with Crippen molar-refractivity contribution in [3.63, 3.8) is 0 Å². The molecule has 1 N–H and O–H groups in total. The first-order valence-electron chi connectivity index (χ1n) is 6.18. The highest BCUT2D eigenvalue weighted by molar-refractivity contribution is 4.78. The van der Waals surface area contributed by atoms with Crippen molar-refractivity contribution in [2.45, 2.75) is 65.3 Å². The quantitative estimate of drug-likeness (QED) is 0.710. The van der Waals surface area contributed by atoms with Gasteiger partial charge in [0.2, 0.25) is 0 Å². The van der Waals surface area contributed by atoms with Crippen LogP contribution in [0.1, 0.15) is 59.3 Å². The van der Waals surface area contributed by atoms with Gasteiger partial charge in [0.05, 0.1) is 0 Å². The summed E-state index contributed by atoms with van der Waals surface area (Å²) in [6.07, 6.45) is 8.52. The Labute approximate surface area is 89.7 Å². The molecule has 14 heavy (non-hydrogen) atoms. The second kappa shape index (κ2) is 5.16. The van der Waals surface area contributed by atoms with Crippen LogP contribution in [0.25, 0.3) is 0 Å². The maximum absolute atomic E-state index is 3.47. The average Bonchev–Trinajstić information content (AvgIpc) is 2.00. The zero-order valence-corrected chi connectivity index (χ0v) is 10.4. The van der Waals surface area contributed by atoms with E-state index < -0.39 is 0 Å². The van der Waals surface area contributed by atoms with Gasteiger partial charge in [-0.3, -0.25) is 0 Å². The minimum atomic E-state index is 0.495. The Balaban J connectivity index is 2.17. The third-order valence-corrected chi connectivity index (χ3v) is 3.49. The lowest BCUT2D eigenvalue weighted by Crippen LogP contribution is -2.31. The molecule has 0 bridgehead atoms. The molecular weight excluding hydrogens is 170 g/mol. The van der Waals surface area contributed by atoms with Crippen molar-refractivity contribution in [3.05, 3.63) is 0 Å². The van der Waals surface area contributed by atoms with Crippen molar-refractivity contribution < 1.29 is 0 Å². The summed E-state index contributed by atoms with van der Waals surface area (Å²) in [4.78, 5) is 0. The molecule has 1 unspecified atom stereocenters. The molecule has 1 aliphatic rings. The minimum Gasteiger partial charge on any atom is -0.317 e. The minimum absolute atomic E-state index is 0.495. The van der Waals surface area contributed by atoms with E-state index in [0.29, 0.717) is 5.41 Å². The van der Waals surface area contributed by atoms with E-state index in [4.69, 9.17) is 0 Å². The molecular formula is C13H27N. The van der Waals surface area contributed by atoms with Gasteiger partial charge in [0.1, 0.15) is 0 Å². The van der Waals surface area contributed by atoms with Gasteiger partial charge in [-0.2, -0.15) is 0 Å². The lowest BCUT2D eigenvalue weighted by molar-refractivity contribution is 0.243. The van der Waals surface area contributed by atoms with Crippen LogP contribution in [0, 0.1) is 11.3 Å². The van der Waals surface area contributed by atoms with Crippen molar-refractivity contribution >= 4 is 0 Å². The van der Waals surface area contributed by atoms with Gasteiger partial charge in [-0.1, -0.05) is 40.0 Å². The molecule has 0 radical (unpaired) electrons. The highest BCUT2D eigenvalue weighted by Crippen LogP contribution is 2.32. The van der Waals surface area contributed by atoms with Crippen LogP contribution in [-0.2, 0) is 0 Å². The van der Waals surface area contributed by atoms with Gasteiger partial charge >= 0.3 is 0 Å². The van der Waals surface area contributed by atoms with E-state index in [1.54, 1.807) is 0 Å². The smallest absolute Gasteiger partial charge is 0.00669 e. The molecule has 1 fully saturated rings. The summed E-state index contributed by atoms with van der Waals surface area (Å²) in [5.74, 6) is 1.03. The molecule has 0 aromatic carbocycles. The summed E-state index contributed by atoms with van der Waals surface area (Å²) < 4.78 is 0. The largest absolute Gasteiger partial charge is 0.317 e. The van der Waals surface area contributed by atoms with Crippen LogP contribution >= 0.6 is 0 Å². The van der Waals surface area contributed by atoms with Crippen LogP contribution in [-0.4, -0.2) is 13.1 Å². The first kappa shape index (κ1) is 12.0. The fourth-order valence-electron chi connectivity index (χ4n) is 2.12. The molecule has 1 nitrogen and oxygen atoms in total. The number of rotatable bonds is 5. The monoisotopic (exact) mass is 197 g/mol. The SMILES string of the molecule is CNC(CCC(C)(C)C)CC1CCC1. The summed E-state index contributed by atoms with van der Waals surface area (Å²) >= 11 is 0. The lowest BCUT2D eigenvalue weighted by Gasteiger charge is -2.31. The third-order valence-electron chi connectivity index (χ3n) is 3.49. The summed E-state index contributed by atoms with van der Waals surface area (Å²) in [6, 6.07) is 0.763. The molecule has 0 aliphatic heterocycles.